The van der Waals surface area contributed by atoms with Gasteiger partial charge in [0.15, 0.2) is 0 Å². The van der Waals surface area contributed by atoms with Crippen LogP contribution < -0.4 is 0 Å². The maximum absolute atomic E-state index is 2.23. The van der Waals surface area contributed by atoms with E-state index in [1.54, 1.807) is 0 Å². The molecule has 0 heterocycles. The smallest absolute Gasteiger partial charge is 0.00535 e. The van der Waals surface area contributed by atoms with Crippen molar-refractivity contribution in [3.63, 3.8) is 0 Å². The molecule has 0 N–H and O–H groups in total. The Labute approximate surface area is 78.3 Å². The van der Waals surface area contributed by atoms with Crippen molar-refractivity contribution in [3.8, 4) is 0 Å². The Morgan fingerprint density at radius 3 is 2.70 bits per heavy atom. The van der Waals surface area contributed by atoms with Crippen molar-refractivity contribution in [1.82, 2.24) is 0 Å². The topological polar surface area (TPSA) is 0 Å². The zero-order valence-electron chi connectivity index (χ0n) is 6.43. The summed E-state index contributed by atoms with van der Waals surface area (Å²) in [5.41, 5.74) is 1.48. The fraction of sp³-hybridized carbons (Fsp3) is 0.444. The first kappa shape index (κ1) is 10.2. The van der Waals surface area contributed by atoms with Crippen LogP contribution >= 0.6 is 0 Å². The second-order valence-corrected chi connectivity index (χ2v) is 2.40. The van der Waals surface area contributed by atoms with E-state index in [0.717, 1.165) is 0 Å². The van der Waals surface area contributed by atoms with Crippen molar-refractivity contribution >= 4 is 0 Å². The monoisotopic (exact) mass is 169 g/mol. The van der Waals surface area contributed by atoms with Gasteiger partial charge in [0.2, 0.25) is 0 Å². The third-order valence-electron chi connectivity index (χ3n) is 1.55. The average molecular weight is 169 g/mol. The summed E-state index contributed by atoms with van der Waals surface area (Å²) in [5.74, 6) is 0. The van der Waals surface area contributed by atoms with Gasteiger partial charge in [-0.2, -0.15) is 0 Å². The fourth-order valence-electron chi connectivity index (χ4n) is 0.961. The van der Waals surface area contributed by atoms with Gasteiger partial charge in [-0.25, -0.2) is 0 Å². The van der Waals surface area contributed by atoms with E-state index >= 15 is 0 Å². The largest absolute Gasteiger partial charge is 0.0764 e. The molecule has 0 aromatic heterocycles. The van der Waals surface area contributed by atoms with Crippen molar-refractivity contribution in [2.24, 2.45) is 0 Å². The second-order valence-electron chi connectivity index (χ2n) is 2.40. The van der Waals surface area contributed by atoms with E-state index < -0.39 is 0 Å². The summed E-state index contributed by atoms with van der Waals surface area (Å²) in [6.07, 6.45) is 12.5. The van der Waals surface area contributed by atoms with E-state index in [4.69, 9.17) is 0 Å². The molecule has 0 saturated heterocycles. The summed E-state index contributed by atoms with van der Waals surface area (Å²) in [6.45, 7) is 2.23. The van der Waals surface area contributed by atoms with Gasteiger partial charge in [-0.1, -0.05) is 37.1 Å². The van der Waals surface area contributed by atoms with Crippen LogP contribution in [0.25, 0.3) is 0 Å². The van der Waals surface area contributed by atoms with Gasteiger partial charge in [0.25, 0.3) is 0 Å². The van der Waals surface area contributed by atoms with Crippen LogP contribution in [0.2, 0.25) is 0 Å². The van der Waals surface area contributed by atoms with E-state index in [2.05, 4.69) is 31.6 Å². The van der Waals surface area contributed by atoms with Gasteiger partial charge in [-0.05, 0) is 12.8 Å². The van der Waals surface area contributed by atoms with Gasteiger partial charge in [0.05, 0.1) is 0 Å². The molecule has 0 nitrogen and oxygen atoms in total. The third-order valence-corrected chi connectivity index (χ3v) is 1.55. The summed E-state index contributed by atoms with van der Waals surface area (Å²) in [7, 11) is 0. The minimum absolute atomic E-state index is 0. The Morgan fingerprint density at radius 1 is 1.40 bits per heavy atom. The van der Waals surface area contributed by atoms with Crippen molar-refractivity contribution in [2.75, 3.05) is 0 Å². The molecule has 10 heavy (non-hydrogen) atoms. The van der Waals surface area contributed by atoms with Crippen molar-refractivity contribution in [3.05, 3.63) is 30.2 Å². The van der Waals surface area contributed by atoms with Gasteiger partial charge >= 0.3 is 0 Å². The molecule has 53 valence electrons. The zero-order valence-corrected chi connectivity index (χ0v) is 7.99. The average Bonchev–Trinajstić information content (AvgIpc) is 2.34. The standard InChI is InChI=1S/C9H13.Ti/c1-2-3-6-9-7-4-5-8-9;/h4-5,7-8H,2-3,6H2,1H3;. The van der Waals surface area contributed by atoms with E-state index in [-0.39, 0.29) is 21.7 Å². The zero-order chi connectivity index (χ0) is 6.53. The van der Waals surface area contributed by atoms with Crippen LogP contribution in [-0.2, 0) is 21.7 Å². The number of rotatable bonds is 3. The maximum atomic E-state index is 2.23. The molecule has 0 bridgehead atoms. The number of hydrogen-bond donors (Lipinski definition) is 0. The molecule has 0 fully saturated rings. The van der Waals surface area contributed by atoms with Gasteiger partial charge in [-0.15, -0.1) is 0 Å². The maximum Gasteiger partial charge on any atom is 0.00535 e. The van der Waals surface area contributed by atoms with Crippen LogP contribution in [0.3, 0.4) is 0 Å². The van der Waals surface area contributed by atoms with Crippen molar-refractivity contribution < 1.29 is 21.7 Å². The van der Waals surface area contributed by atoms with Gasteiger partial charge < -0.3 is 0 Å². The summed E-state index contributed by atoms with van der Waals surface area (Å²) >= 11 is 0. The van der Waals surface area contributed by atoms with Crippen LogP contribution in [0.4, 0.5) is 0 Å². The minimum Gasteiger partial charge on any atom is -0.0764 e. The molecule has 1 heteroatoms. The van der Waals surface area contributed by atoms with Crippen LogP contribution in [0.15, 0.2) is 23.8 Å². The molecule has 1 rings (SSSR count). The van der Waals surface area contributed by atoms with Crippen LogP contribution in [0.1, 0.15) is 26.2 Å². The van der Waals surface area contributed by atoms with Gasteiger partial charge in [0.1, 0.15) is 0 Å². The summed E-state index contributed by atoms with van der Waals surface area (Å²) in [6, 6.07) is 0. The Hall–Kier alpha value is 0.194. The summed E-state index contributed by atoms with van der Waals surface area (Å²) < 4.78 is 0. The van der Waals surface area contributed by atoms with Crippen LogP contribution in [-0.4, -0.2) is 0 Å². The fourth-order valence-corrected chi connectivity index (χ4v) is 0.961. The molecule has 0 amide bonds. The van der Waals surface area contributed by atoms with Gasteiger partial charge in [0, 0.05) is 28.1 Å². The molecule has 0 aliphatic heterocycles. The van der Waals surface area contributed by atoms with Crippen LogP contribution in [0.5, 0.6) is 0 Å². The summed E-state index contributed by atoms with van der Waals surface area (Å²) in [4.78, 5) is 0. The second kappa shape index (κ2) is 5.94. The van der Waals surface area contributed by atoms with Crippen molar-refractivity contribution in [1.29, 1.82) is 0 Å². The summed E-state index contributed by atoms with van der Waals surface area (Å²) in [5, 5.41) is 0. The first-order chi connectivity index (χ1) is 4.43. The Bertz CT molecular complexity index is 134. The molecule has 1 aliphatic carbocycles. The number of hydrogen-bond acceptors (Lipinski definition) is 0. The van der Waals surface area contributed by atoms with E-state index in [1.165, 1.54) is 24.8 Å². The molecule has 1 radical (unpaired) electrons. The molecule has 0 spiro atoms. The van der Waals surface area contributed by atoms with E-state index in [1.807, 2.05) is 0 Å². The quantitative estimate of drug-likeness (QED) is 0.570. The Kier molecular flexibility index (Phi) is 6.06. The van der Waals surface area contributed by atoms with E-state index in [9.17, 15) is 0 Å². The first-order valence-electron chi connectivity index (χ1n) is 3.64. The SMILES string of the molecule is CCCCC1=C[CH]C=C1.[Ti]. The van der Waals surface area contributed by atoms with Crippen molar-refractivity contribution in [2.45, 2.75) is 26.2 Å². The molecule has 0 saturated carbocycles. The normalized spacial score (nSPS) is 14.7. The van der Waals surface area contributed by atoms with E-state index in [0.29, 0.717) is 0 Å². The predicted octanol–water partition coefficient (Wildman–Crippen LogP) is 2.87. The first-order valence-corrected chi connectivity index (χ1v) is 3.64. The van der Waals surface area contributed by atoms with Crippen LogP contribution in [0, 0.1) is 6.42 Å². The Balaban J connectivity index is 0.000000810. The molecular formula is C9H13Ti. The van der Waals surface area contributed by atoms with Gasteiger partial charge in [-0.3, -0.25) is 0 Å². The molecule has 0 unspecified atom stereocenters. The molecule has 0 aromatic rings. The minimum atomic E-state index is 0. The third kappa shape index (κ3) is 3.38. The molecule has 0 aromatic carbocycles. The molecular weight excluding hydrogens is 156 g/mol. The molecule has 1 aliphatic rings. The number of allylic oxidation sites excluding steroid dienone is 4. The molecule has 0 atom stereocenters. The predicted molar refractivity (Wildman–Crippen MR) is 41.0 cm³/mol. The number of unbranched alkanes of at least 4 members (excludes halogenated alkanes) is 1. The Morgan fingerprint density at radius 2 is 2.20 bits per heavy atom.